The molecule has 9 nitrogen and oxygen atoms in total. The summed E-state index contributed by atoms with van der Waals surface area (Å²) in [6, 6.07) is 2.54. The van der Waals surface area contributed by atoms with Gasteiger partial charge in [-0.05, 0) is 11.5 Å². The number of ether oxygens (including phenoxy) is 2. The lowest BCUT2D eigenvalue weighted by Gasteiger charge is -2.32. The maximum atomic E-state index is 12.9. The number of carbonyl (C=O) groups is 2. The number of amides is 3. The summed E-state index contributed by atoms with van der Waals surface area (Å²) in [6.45, 7) is 6.71. The van der Waals surface area contributed by atoms with Gasteiger partial charge in [-0.1, -0.05) is 20.8 Å². The predicted molar refractivity (Wildman–Crippen MR) is 115 cm³/mol. The lowest BCUT2D eigenvalue weighted by atomic mass is 9.86. The topological polar surface area (TPSA) is 97.7 Å². The molecule has 1 aromatic carbocycles. The Hall–Kier alpha value is -3.23. The van der Waals surface area contributed by atoms with Gasteiger partial charge in [0, 0.05) is 39.1 Å². The first-order valence-electron chi connectivity index (χ1n) is 9.57. The molecule has 30 heavy (non-hydrogen) atoms. The molecule has 164 valence electrons. The van der Waals surface area contributed by atoms with Gasteiger partial charge in [0.15, 0.2) is 11.5 Å². The minimum Gasteiger partial charge on any atom is -0.493 e. The molecule has 0 radical (unpaired) electrons. The highest BCUT2D eigenvalue weighted by molar-refractivity contribution is 6.04. The van der Waals surface area contributed by atoms with E-state index in [4.69, 9.17) is 9.47 Å². The van der Waals surface area contributed by atoms with Crippen LogP contribution in [0.4, 0.5) is 10.5 Å². The van der Waals surface area contributed by atoms with E-state index in [2.05, 4.69) is 15.6 Å². The van der Waals surface area contributed by atoms with Crippen molar-refractivity contribution in [3.8, 4) is 11.5 Å². The van der Waals surface area contributed by atoms with Gasteiger partial charge in [-0.2, -0.15) is 0 Å². The molecule has 2 N–H and O–H groups in total. The maximum absolute atomic E-state index is 12.9. The summed E-state index contributed by atoms with van der Waals surface area (Å²) in [5, 5.41) is 5.81. The van der Waals surface area contributed by atoms with Gasteiger partial charge in [-0.15, -0.1) is 0 Å². The van der Waals surface area contributed by atoms with E-state index >= 15 is 0 Å². The zero-order valence-electron chi connectivity index (χ0n) is 18.6. The largest absolute Gasteiger partial charge is 0.493 e. The Kier molecular flexibility index (Phi) is 7.31. The number of nitrogens with one attached hydrogen (secondary N) is 2. The van der Waals surface area contributed by atoms with Crippen LogP contribution >= 0.6 is 0 Å². The van der Waals surface area contributed by atoms with Crippen LogP contribution < -0.4 is 20.1 Å². The smallest absolute Gasteiger partial charge is 0.319 e. The first kappa shape index (κ1) is 23.1. The quantitative estimate of drug-likeness (QED) is 0.722. The third-order valence-electron chi connectivity index (χ3n) is 4.71. The number of imidazole rings is 1. The number of aromatic nitrogens is 2. The van der Waals surface area contributed by atoms with Crippen LogP contribution in [0.25, 0.3) is 0 Å². The molecular weight excluding hydrogens is 386 g/mol. The normalized spacial score (nSPS) is 12.1. The molecule has 0 aliphatic heterocycles. The summed E-state index contributed by atoms with van der Waals surface area (Å²) in [4.78, 5) is 31.0. The van der Waals surface area contributed by atoms with Crippen molar-refractivity contribution in [2.24, 2.45) is 5.41 Å². The Bertz CT molecular complexity index is 872. The van der Waals surface area contributed by atoms with Crippen LogP contribution in [0.3, 0.4) is 0 Å². The molecule has 2 rings (SSSR count). The zero-order valence-corrected chi connectivity index (χ0v) is 18.6. The highest BCUT2D eigenvalue weighted by atomic mass is 16.5. The minimum absolute atomic E-state index is 0.181. The fourth-order valence-electron chi connectivity index (χ4n) is 2.86. The Labute approximate surface area is 177 Å². The molecule has 0 saturated carbocycles. The molecule has 0 aliphatic rings. The summed E-state index contributed by atoms with van der Waals surface area (Å²) in [7, 11) is 6.27. The first-order valence-corrected chi connectivity index (χ1v) is 9.57. The average Bonchev–Trinajstić information content (AvgIpc) is 3.18. The summed E-state index contributed by atoms with van der Waals surface area (Å²) in [5.41, 5.74) is 0.426. The van der Waals surface area contributed by atoms with Gasteiger partial charge in [-0.3, -0.25) is 4.79 Å². The number of hydrogen-bond acceptors (Lipinski definition) is 5. The maximum Gasteiger partial charge on any atom is 0.319 e. The van der Waals surface area contributed by atoms with Gasteiger partial charge in [0.05, 0.1) is 37.8 Å². The van der Waals surface area contributed by atoms with Crippen molar-refractivity contribution in [3.05, 3.63) is 36.4 Å². The van der Waals surface area contributed by atoms with Gasteiger partial charge in [0.25, 0.3) is 5.91 Å². The van der Waals surface area contributed by atoms with E-state index in [9.17, 15) is 9.59 Å². The fourth-order valence-corrected chi connectivity index (χ4v) is 2.86. The van der Waals surface area contributed by atoms with Crippen molar-refractivity contribution < 1.29 is 19.1 Å². The van der Waals surface area contributed by atoms with E-state index in [1.165, 1.54) is 19.1 Å². The second kappa shape index (κ2) is 9.51. The molecule has 3 amide bonds. The number of methoxy groups -OCH3 is 2. The number of benzene rings is 1. The molecule has 9 heteroatoms. The van der Waals surface area contributed by atoms with Gasteiger partial charge >= 0.3 is 6.03 Å². The van der Waals surface area contributed by atoms with E-state index in [0.29, 0.717) is 29.3 Å². The van der Waals surface area contributed by atoms with Crippen LogP contribution in [0, 0.1) is 5.41 Å². The third kappa shape index (κ3) is 5.65. The van der Waals surface area contributed by atoms with Crippen LogP contribution in [0.5, 0.6) is 11.5 Å². The van der Waals surface area contributed by atoms with Crippen LogP contribution in [-0.2, 0) is 6.54 Å². The van der Waals surface area contributed by atoms with Crippen LogP contribution in [0.2, 0.25) is 0 Å². The molecular formula is C21H31N5O4. The lowest BCUT2D eigenvalue weighted by molar-refractivity contribution is 0.0828. The van der Waals surface area contributed by atoms with E-state index in [-0.39, 0.29) is 17.4 Å². The molecule has 0 fully saturated rings. The Morgan fingerprint density at radius 1 is 1.17 bits per heavy atom. The van der Waals surface area contributed by atoms with Crippen molar-refractivity contribution in [1.82, 2.24) is 19.8 Å². The van der Waals surface area contributed by atoms with Crippen molar-refractivity contribution >= 4 is 17.6 Å². The average molecular weight is 418 g/mol. The number of nitrogens with zero attached hydrogens (tertiary/aromatic N) is 3. The molecule has 1 atom stereocenters. The molecule has 0 bridgehead atoms. The first-order chi connectivity index (χ1) is 14.1. The number of anilines is 1. The number of carbonyl (C=O) groups excluding carboxylic acids is 2. The molecule has 0 aliphatic carbocycles. The Morgan fingerprint density at radius 2 is 1.80 bits per heavy atom. The highest BCUT2D eigenvalue weighted by Crippen LogP contribution is 2.34. The molecule has 0 spiro atoms. The summed E-state index contributed by atoms with van der Waals surface area (Å²) >= 11 is 0. The predicted octanol–water partition coefficient (Wildman–Crippen LogP) is 2.84. The van der Waals surface area contributed by atoms with E-state index in [1.807, 2.05) is 31.5 Å². The van der Waals surface area contributed by atoms with E-state index in [1.54, 1.807) is 38.8 Å². The van der Waals surface area contributed by atoms with Crippen molar-refractivity contribution in [3.63, 3.8) is 0 Å². The monoisotopic (exact) mass is 417 g/mol. The Balaban J connectivity index is 2.30. The summed E-state index contributed by atoms with van der Waals surface area (Å²) in [5.74, 6) is 0.548. The summed E-state index contributed by atoms with van der Waals surface area (Å²) < 4.78 is 12.5. The SMILES string of the molecule is COc1cc(NC(=O)N[C@H](Cn2ccnc2)C(C)(C)C)c(C(=O)N(C)C)cc1OC. The van der Waals surface area contributed by atoms with Crippen molar-refractivity contribution in [2.45, 2.75) is 33.4 Å². The second-order valence-corrected chi connectivity index (χ2v) is 8.23. The van der Waals surface area contributed by atoms with Crippen molar-refractivity contribution in [1.29, 1.82) is 0 Å². The zero-order chi connectivity index (χ0) is 22.5. The molecule has 0 saturated heterocycles. The molecule has 0 unspecified atom stereocenters. The molecule has 2 aromatic rings. The van der Waals surface area contributed by atoms with Crippen molar-refractivity contribution in [2.75, 3.05) is 33.6 Å². The standard InChI is InChI=1S/C21H31N5O4/c1-21(2,3)18(12-26-9-8-22-13-26)24-20(28)23-15-11-17(30-7)16(29-6)10-14(15)19(27)25(4)5/h8-11,13,18H,12H2,1-7H3,(H2,23,24,28)/t18-/m1/s1. The van der Waals surface area contributed by atoms with Gasteiger partial charge in [0.2, 0.25) is 0 Å². The van der Waals surface area contributed by atoms with E-state index in [0.717, 1.165) is 0 Å². The number of urea groups is 1. The van der Waals surface area contributed by atoms with Gasteiger partial charge < -0.3 is 29.6 Å². The minimum atomic E-state index is -0.421. The van der Waals surface area contributed by atoms with Gasteiger partial charge in [0.1, 0.15) is 0 Å². The van der Waals surface area contributed by atoms with E-state index < -0.39 is 6.03 Å². The fraction of sp³-hybridized carbons (Fsp3) is 0.476. The second-order valence-electron chi connectivity index (χ2n) is 8.23. The highest BCUT2D eigenvalue weighted by Gasteiger charge is 2.27. The summed E-state index contributed by atoms with van der Waals surface area (Å²) in [6.07, 6.45) is 5.25. The van der Waals surface area contributed by atoms with Crippen LogP contribution in [-0.4, -0.2) is 60.7 Å². The Morgan fingerprint density at radius 3 is 2.30 bits per heavy atom. The molecule has 1 heterocycles. The molecule has 1 aromatic heterocycles. The number of hydrogen-bond donors (Lipinski definition) is 2. The lowest BCUT2D eigenvalue weighted by Crippen LogP contribution is -2.48. The number of rotatable bonds is 7. The third-order valence-corrected chi connectivity index (χ3v) is 4.71. The van der Waals surface area contributed by atoms with Crippen LogP contribution in [0.1, 0.15) is 31.1 Å². The van der Waals surface area contributed by atoms with Gasteiger partial charge in [-0.25, -0.2) is 9.78 Å². The van der Waals surface area contributed by atoms with Crippen LogP contribution in [0.15, 0.2) is 30.9 Å².